The lowest BCUT2D eigenvalue weighted by molar-refractivity contribution is -0.118. The minimum Gasteiger partial charge on any atom is -0.483 e. The normalized spacial score (nSPS) is 14.3. The van der Waals surface area contributed by atoms with Gasteiger partial charge in [0.05, 0.1) is 0 Å². The van der Waals surface area contributed by atoms with Crippen LogP contribution < -0.4 is 14.8 Å². The number of imidazole rings is 1. The Morgan fingerprint density at radius 1 is 1.37 bits per heavy atom. The van der Waals surface area contributed by atoms with Crippen LogP contribution in [0.3, 0.4) is 0 Å². The number of hydrogen-bond donors (Lipinski definition) is 1. The summed E-state index contributed by atoms with van der Waals surface area (Å²) in [7, 11) is 0. The van der Waals surface area contributed by atoms with Crippen LogP contribution in [0.5, 0.6) is 11.5 Å². The molecule has 1 aliphatic heterocycles. The Hall–Kier alpha value is -3.42. The Bertz CT molecular complexity index is 969. The van der Waals surface area contributed by atoms with Gasteiger partial charge in [-0.05, 0) is 19.9 Å². The van der Waals surface area contributed by atoms with Crippen LogP contribution in [-0.4, -0.2) is 37.6 Å². The zero-order chi connectivity index (χ0) is 18.9. The van der Waals surface area contributed by atoms with Crippen molar-refractivity contribution in [2.75, 3.05) is 11.9 Å². The highest BCUT2D eigenvalue weighted by Crippen LogP contribution is 2.41. The summed E-state index contributed by atoms with van der Waals surface area (Å²) in [6.45, 7) is 3.90. The third-order valence-corrected chi connectivity index (χ3v) is 4.10. The Morgan fingerprint density at radius 3 is 3.07 bits per heavy atom. The van der Waals surface area contributed by atoms with Gasteiger partial charge in [-0.15, -0.1) is 0 Å². The van der Waals surface area contributed by atoms with Crippen LogP contribution >= 0.6 is 0 Å². The Kier molecular flexibility index (Phi) is 4.23. The molecule has 1 N–H and O–H groups in total. The average molecular weight is 365 g/mol. The van der Waals surface area contributed by atoms with E-state index in [1.165, 1.54) is 6.33 Å². The molecule has 2 aromatic heterocycles. The topological polar surface area (TPSA) is 91.2 Å². The van der Waals surface area contributed by atoms with Crippen molar-refractivity contribution in [3.63, 3.8) is 0 Å². The highest BCUT2D eigenvalue weighted by Gasteiger charge is 2.32. The van der Waals surface area contributed by atoms with Gasteiger partial charge in [0.1, 0.15) is 29.9 Å². The molecule has 4 rings (SSSR count). The number of amides is 1. The van der Waals surface area contributed by atoms with Gasteiger partial charge >= 0.3 is 0 Å². The van der Waals surface area contributed by atoms with Gasteiger partial charge in [0, 0.05) is 30.4 Å². The zero-order valence-electron chi connectivity index (χ0n) is 15.0. The van der Waals surface area contributed by atoms with Crippen LogP contribution in [0.2, 0.25) is 0 Å². The number of carbonyl (C=O) groups is 1. The molecule has 1 aliphatic rings. The summed E-state index contributed by atoms with van der Waals surface area (Å²) in [5.74, 6) is 1.95. The first-order valence-electron chi connectivity index (χ1n) is 8.54. The highest BCUT2D eigenvalue weighted by molar-refractivity contribution is 5.91. The van der Waals surface area contributed by atoms with E-state index < -0.39 is 0 Å². The monoisotopic (exact) mass is 365 g/mol. The van der Waals surface area contributed by atoms with Crippen LogP contribution in [0.25, 0.3) is 5.82 Å². The lowest BCUT2D eigenvalue weighted by Gasteiger charge is -2.18. The van der Waals surface area contributed by atoms with Crippen LogP contribution in [0.15, 0.2) is 49.3 Å². The van der Waals surface area contributed by atoms with Crippen molar-refractivity contribution in [2.45, 2.75) is 25.9 Å². The molecule has 1 aromatic carbocycles. The third kappa shape index (κ3) is 3.74. The van der Waals surface area contributed by atoms with Crippen LogP contribution in [0.4, 0.5) is 5.82 Å². The predicted octanol–water partition coefficient (Wildman–Crippen LogP) is 2.39. The van der Waals surface area contributed by atoms with Crippen molar-refractivity contribution >= 4 is 11.7 Å². The standard InChI is InChI=1S/C19H19N5O3/c1-19(2)9-13-4-3-5-14(18(13)27-19)26-10-17(25)23-15-8-16(22-11-21-15)24-7-6-20-12-24/h3-8,11-12H,9-10H2,1-2H3,(H,21,22,23,25). The minimum atomic E-state index is -0.319. The van der Waals surface area contributed by atoms with Gasteiger partial charge in [-0.3, -0.25) is 9.36 Å². The molecule has 0 spiro atoms. The van der Waals surface area contributed by atoms with Gasteiger partial charge in [-0.25, -0.2) is 15.0 Å². The second-order valence-corrected chi connectivity index (χ2v) is 6.85. The molecule has 0 atom stereocenters. The van der Waals surface area contributed by atoms with Crippen molar-refractivity contribution in [2.24, 2.45) is 0 Å². The molecule has 27 heavy (non-hydrogen) atoms. The number of hydrogen-bond acceptors (Lipinski definition) is 6. The fraction of sp³-hybridized carbons (Fsp3) is 0.263. The molecule has 0 saturated carbocycles. The summed E-state index contributed by atoms with van der Waals surface area (Å²) in [5, 5.41) is 2.71. The molecule has 3 aromatic rings. The van der Waals surface area contributed by atoms with E-state index in [4.69, 9.17) is 9.47 Å². The molecule has 8 nitrogen and oxygen atoms in total. The SMILES string of the molecule is CC1(C)Cc2cccc(OCC(=O)Nc3cc(-n4ccnc4)ncn3)c2O1. The number of fused-ring (bicyclic) bond motifs is 1. The summed E-state index contributed by atoms with van der Waals surface area (Å²) in [6, 6.07) is 7.37. The maximum absolute atomic E-state index is 12.3. The Balaban J connectivity index is 1.40. The van der Waals surface area contributed by atoms with E-state index in [2.05, 4.69) is 20.3 Å². The molecule has 0 aliphatic carbocycles. The van der Waals surface area contributed by atoms with Crippen molar-refractivity contribution < 1.29 is 14.3 Å². The number of anilines is 1. The highest BCUT2D eigenvalue weighted by atomic mass is 16.5. The first kappa shape index (κ1) is 17.0. The number of nitrogens with one attached hydrogen (secondary N) is 1. The van der Waals surface area contributed by atoms with Crippen LogP contribution in [-0.2, 0) is 11.2 Å². The van der Waals surface area contributed by atoms with E-state index in [-0.39, 0.29) is 18.1 Å². The number of rotatable bonds is 5. The largest absolute Gasteiger partial charge is 0.483 e. The smallest absolute Gasteiger partial charge is 0.263 e. The molecule has 8 heteroatoms. The Labute approximate surface area is 156 Å². The van der Waals surface area contributed by atoms with Gasteiger partial charge in [0.15, 0.2) is 18.1 Å². The Morgan fingerprint density at radius 2 is 2.26 bits per heavy atom. The summed E-state index contributed by atoms with van der Waals surface area (Å²) in [5.41, 5.74) is 0.813. The number of carbonyl (C=O) groups excluding carboxylic acids is 1. The van der Waals surface area contributed by atoms with E-state index >= 15 is 0 Å². The van der Waals surface area contributed by atoms with E-state index in [0.29, 0.717) is 23.1 Å². The van der Waals surface area contributed by atoms with Gasteiger partial charge in [0.25, 0.3) is 5.91 Å². The van der Waals surface area contributed by atoms with Crippen molar-refractivity contribution in [3.8, 4) is 17.3 Å². The second kappa shape index (κ2) is 6.71. The van der Waals surface area contributed by atoms with E-state index in [9.17, 15) is 4.79 Å². The van der Waals surface area contributed by atoms with Crippen molar-refractivity contribution in [1.29, 1.82) is 0 Å². The molecule has 1 amide bonds. The maximum Gasteiger partial charge on any atom is 0.263 e. The third-order valence-electron chi connectivity index (χ3n) is 4.10. The van der Waals surface area contributed by atoms with Gasteiger partial charge in [0.2, 0.25) is 0 Å². The zero-order valence-corrected chi connectivity index (χ0v) is 15.0. The molecule has 0 unspecified atom stereocenters. The maximum atomic E-state index is 12.3. The predicted molar refractivity (Wildman–Crippen MR) is 98.1 cm³/mol. The van der Waals surface area contributed by atoms with Gasteiger partial charge in [-0.1, -0.05) is 12.1 Å². The quantitative estimate of drug-likeness (QED) is 0.746. The number of para-hydroxylation sites is 1. The van der Waals surface area contributed by atoms with Crippen molar-refractivity contribution in [3.05, 3.63) is 54.9 Å². The van der Waals surface area contributed by atoms with E-state index in [0.717, 1.165) is 12.0 Å². The summed E-state index contributed by atoms with van der Waals surface area (Å²) in [4.78, 5) is 24.4. The second-order valence-electron chi connectivity index (χ2n) is 6.85. The number of benzene rings is 1. The number of nitrogens with zero attached hydrogens (tertiary/aromatic N) is 4. The lowest BCUT2D eigenvalue weighted by atomic mass is 10.0. The molecule has 0 saturated heterocycles. The fourth-order valence-electron chi connectivity index (χ4n) is 2.97. The first-order chi connectivity index (χ1) is 13.0. The lowest BCUT2D eigenvalue weighted by Crippen LogP contribution is -2.25. The molecular weight excluding hydrogens is 346 g/mol. The molecule has 3 heterocycles. The molecule has 0 radical (unpaired) electrons. The van der Waals surface area contributed by atoms with Crippen molar-refractivity contribution in [1.82, 2.24) is 19.5 Å². The molecule has 0 fully saturated rings. The molecular formula is C19H19N5O3. The fourth-order valence-corrected chi connectivity index (χ4v) is 2.97. The molecule has 138 valence electrons. The number of aromatic nitrogens is 4. The van der Waals surface area contributed by atoms with E-state index in [1.54, 1.807) is 35.4 Å². The van der Waals surface area contributed by atoms with Gasteiger partial charge in [-0.2, -0.15) is 0 Å². The first-order valence-corrected chi connectivity index (χ1v) is 8.54. The summed E-state index contributed by atoms with van der Waals surface area (Å²) >= 11 is 0. The van der Waals surface area contributed by atoms with E-state index in [1.807, 2.05) is 26.0 Å². The number of ether oxygens (including phenoxy) is 2. The van der Waals surface area contributed by atoms with Crippen LogP contribution in [0, 0.1) is 0 Å². The summed E-state index contributed by atoms with van der Waals surface area (Å²) < 4.78 is 13.4. The minimum absolute atomic E-state index is 0.148. The summed E-state index contributed by atoms with van der Waals surface area (Å²) in [6.07, 6.45) is 7.22. The molecule has 0 bridgehead atoms. The average Bonchev–Trinajstić information content (AvgIpc) is 3.26. The van der Waals surface area contributed by atoms with Crippen LogP contribution in [0.1, 0.15) is 19.4 Å². The van der Waals surface area contributed by atoms with Gasteiger partial charge < -0.3 is 14.8 Å².